The molecule has 2 N–H and O–H groups in total. The van der Waals surface area contributed by atoms with Crippen LogP contribution < -0.4 is 10.6 Å². The van der Waals surface area contributed by atoms with Gasteiger partial charge in [-0.1, -0.05) is 6.92 Å². The van der Waals surface area contributed by atoms with Crippen LogP contribution in [0.15, 0.2) is 42.6 Å². The van der Waals surface area contributed by atoms with E-state index in [-0.39, 0.29) is 11.7 Å². The molecule has 0 radical (unpaired) electrons. The number of Topliss-reactive ketones (excluding diaryl/α,β-unsaturated/α-hetero) is 1. The van der Waals surface area contributed by atoms with Crippen molar-refractivity contribution < 1.29 is 9.59 Å². The van der Waals surface area contributed by atoms with Gasteiger partial charge >= 0.3 is 0 Å². The van der Waals surface area contributed by atoms with Gasteiger partial charge in [-0.05, 0) is 43.3 Å². The summed E-state index contributed by atoms with van der Waals surface area (Å²) in [5.41, 5.74) is 2.35. The lowest BCUT2D eigenvalue weighted by Gasteiger charge is -2.08. The number of nitrogens with one attached hydrogen (secondary N) is 2. The predicted octanol–water partition coefficient (Wildman–Crippen LogP) is 3.38. The third-order valence-electron chi connectivity index (χ3n) is 2.93. The van der Waals surface area contributed by atoms with Crippen molar-refractivity contribution in [1.82, 2.24) is 4.98 Å². The maximum atomic E-state index is 11.2. The summed E-state index contributed by atoms with van der Waals surface area (Å²) in [5, 5.41) is 5.87. The lowest BCUT2D eigenvalue weighted by Crippen LogP contribution is -2.10. The van der Waals surface area contributed by atoms with E-state index in [0.29, 0.717) is 17.8 Å². The standard InChI is InChI=1S/C16H17N3O2/c1-3-16(21)19-15-9-8-14(10-17-15)18-13-6-4-12(5-7-13)11(2)20/h4-10,18H,3H2,1-2H3,(H,17,19,21). The molecule has 0 aliphatic carbocycles. The lowest BCUT2D eigenvalue weighted by atomic mass is 10.1. The summed E-state index contributed by atoms with van der Waals surface area (Å²) in [6.07, 6.45) is 2.06. The van der Waals surface area contributed by atoms with Crippen molar-refractivity contribution in [2.75, 3.05) is 10.6 Å². The Morgan fingerprint density at radius 2 is 1.71 bits per heavy atom. The third kappa shape index (κ3) is 4.14. The first kappa shape index (κ1) is 14.7. The molecule has 5 heteroatoms. The molecule has 0 aliphatic rings. The SMILES string of the molecule is CCC(=O)Nc1ccc(Nc2ccc(C(C)=O)cc2)cn1. The second kappa shape index (κ2) is 6.65. The monoisotopic (exact) mass is 283 g/mol. The van der Waals surface area contributed by atoms with Crippen molar-refractivity contribution in [2.45, 2.75) is 20.3 Å². The molecule has 0 fully saturated rings. The zero-order valence-corrected chi connectivity index (χ0v) is 12.0. The number of hydrogen-bond donors (Lipinski definition) is 2. The molecular formula is C16H17N3O2. The number of ketones is 1. The van der Waals surface area contributed by atoms with Gasteiger partial charge in [-0.25, -0.2) is 4.98 Å². The molecule has 0 saturated carbocycles. The van der Waals surface area contributed by atoms with Gasteiger partial charge in [0, 0.05) is 17.7 Å². The molecule has 2 aromatic rings. The van der Waals surface area contributed by atoms with Crippen molar-refractivity contribution in [2.24, 2.45) is 0 Å². The van der Waals surface area contributed by atoms with Crippen molar-refractivity contribution in [3.8, 4) is 0 Å². The lowest BCUT2D eigenvalue weighted by molar-refractivity contribution is -0.115. The van der Waals surface area contributed by atoms with Gasteiger partial charge in [0.15, 0.2) is 5.78 Å². The number of carbonyl (C=O) groups is 2. The Kier molecular flexibility index (Phi) is 4.66. The first-order valence-corrected chi connectivity index (χ1v) is 6.72. The predicted molar refractivity (Wildman–Crippen MR) is 82.9 cm³/mol. The molecule has 1 heterocycles. The molecule has 0 spiro atoms. The minimum atomic E-state index is -0.0666. The fourth-order valence-corrected chi connectivity index (χ4v) is 1.73. The molecule has 1 amide bonds. The van der Waals surface area contributed by atoms with Crippen molar-refractivity contribution in [3.63, 3.8) is 0 Å². The van der Waals surface area contributed by atoms with Gasteiger partial charge < -0.3 is 10.6 Å². The molecule has 1 aromatic heterocycles. The molecule has 0 aliphatic heterocycles. The zero-order valence-electron chi connectivity index (χ0n) is 12.0. The van der Waals surface area contributed by atoms with E-state index < -0.39 is 0 Å². The van der Waals surface area contributed by atoms with Crippen LogP contribution in [0.3, 0.4) is 0 Å². The fraction of sp³-hybridized carbons (Fsp3) is 0.188. The number of amides is 1. The zero-order chi connectivity index (χ0) is 15.2. The maximum Gasteiger partial charge on any atom is 0.225 e. The Morgan fingerprint density at radius 3 is 2.24 bits per heavy atom. The Labute approximate surface area is 123 Å². The number of aromatic nitrogens is 1. The largest absolute Gasteiger partial charge is 0.354 e. The first-order valence-electron chi connectivity index (χ1n) is 6.72. The fourth-order valence-electron chi connectivity index (χ4n) is 1.73. The van der Waals surface area contributed by atoms with Crippen LogP contribution in [0, 0.1) is 0 Å². The summed E-state index contributed by atoms with van der Waals surface area (Å²) in [5.74, 6) is 0.501. The molecule has 0 unspecified atom stereocenters. The van der Waals surface area contributed by atoms with E-state index in [1.807, 2.05) is 18.2 Å². The maximum absolute atomic E-state index is 11.2. The van der Waals surface area contributed by atoms with Gasteiger partial charge in [0.25, 0.3) is 0 Å². The summed E-state index contributed by atoms with van der Waals surface area (Å²) in [6.45, 7) is 3.33. The van der Waals surface area contributed by atoms with Gasteiger partial charge in [0.05, 0.1) is 11.9 Å². The van der Waals surface area contributed by atoms with Gasteiger partial charge in [-0.15, -0.1) is 0 Å². The van der Waals surface area contributed by atoms with Crippen LogP contribution >= 0.6 is 0 Å². The number of hydrogen-bond acceptors (Lipinski definition) is 4. The second-order valence-electron chi connectivity index (χ2n) is 4.59. The van der Waals surface area contributed by atoms with E-state index in [4.69, 9.17) is 0 Å². The third-order valence-corrected chi connectivity index (χ3v) is 2.93. The number of rotatable bonds is 5. The molecular weight excluding hydrogens is 266 g/mol. The number of anilines is 3. The van der Waals surface area contributed by atoms with E-state index in [0.717, 1.165) is 11.4 Å². The second-order valence-corrected chi connectivity index (χ2v) is 4.59. The average Bonchev–Trinajstić information content (AvgIpc) is 2.49. The van der Waals surface area contributed by atoms with Crippen LogP contribution in [0.5, 0.6) is 0 Å². The molecule has 2 rings (SSSR count). The Morgan fingerprint density at radius 1 is 1.05 bits per heavy atom. The highest BCUT2D eigenvalue weighted by atomic mass is 16.1. The van der Waals surface area contributed by atoms with Crippen molar-refractivity contribution in [3.05, 3.63) is 48.2 Å². The summed E-state index contributed by atoms with van der Waals surface area (Å²) in [4.78, 5) is 26.6. The Hall–Kier alpha value is -2.69. The summed E-state index contributed by atoms with van der Waals surface area (Å²) < 4.78 is 0. The van der Waals surface area contributed by atoms with Crippen LogP contribution in [0.2, 0.25) is 0 Å². The van der Waals surface area contributed by atoms with E-state index >= 15 is 0 Å². The van der Waals surface area contributed by atoms with Crippen LogP contribution in [-0.2, 0) is 4.79 Å². The molecule has 0 saturated heterocycles. The minimum Gasteiger partial charge on any atom is -0.354 e. The molecule has 5 nitrogen and oxygen atoms in total. The minimum absolute atomic E-state index is 0.0410. The molecule has 1 aromatic carbocycles. The van der Waals surface area contributed by atoms with E-state index in [1.54, 1.807) is 31.3 Å². The van der Waals surface area contributed by atoms with Crippen LogP contribution in [0.4, 0.5) is 17.2 Å². The molecule has 108 valence electrons. The average molecular weight is 283 g/mol. The van der Waals surface area contributed by atoms with Gasteiger partial charge in [0.1, 0.15) is 5.82 Å². The van der Waals surface area contributed by atoms with Gasteiger partial charge in [-0.2, -0.15) is 0 Å². The van der Waals surface area contributed by atoms with Gasteiger partial charge in [0.2, 0.25) is 5.91 Å². The Bertz CT molecular complexity index is 634. The van der Waals surface area contributed by atoms with Gasteiger partial charge in [-0.3, -0.25) is 9.59 Å². The topological polar surface area (TPSA) is 71.1 Å². The quantitative estimate of drug-likeness (QED) is 0.825. The molecule has 0 bridgehead atoms. The van der Waals surface area contributed by atoms with Crippen LogP contribution in [0.1, 0.15) is 30.6 Å². The Balaban J connectivity index is 2.02. The number of nitrogens with zero attached hydrogens (tertiary/aromatic N) is 1. The summed E-state index contributed by atoms with van der Waals surface area (Å²) >= 11 is 0. The smallest absolute Gasteiger partial charge is 0.225 e. The first-order chi connectivity index (χ1) is 10.1. The molecule has 21 heavy (non-hydrogen) atoms. The van der Waals surface area contributed by atoms with Crippen LogP contribution in [-0.4, -0.2) is 16.7 Å². The summed E-state index contributed by atoms with van der Waals surface area (Å²) in [7, 11) is 0. The summed E-state index contributed by atoms with van der Waals surface area (Å²) in [6, 6.07) is 10.8. The molecule has 0 atom stereocenters. The van der Waals surface area contributed by atoms with Crippen LogP contribution in [0.25, 0.3) is 0 Å². The van der Waals surface area contributed by atoms with Crippen molar-refractivity contribution in [1.29, 1.82) is 0 Å². The van der Waals surface area contributed by atoms with E-state index in [9.17, 15) is 9.59 Å². The van der Waals surface area contributed by atoms with E-state index in [1.165, 1.54) is 6.92 Å². The van der Waals surface area contributed by atoms with Crippen molar-refractivity contribution >= 4 is 28.9 Å². The number of pyridine rings is 1. The van der Waals surface area contributed by atoms with E-state index in [2.05, 4.69) is 15.6 Å². The number of carbonyl (C=O) groups excluding carboxylic acids is 2. The normalized spacial score (nSPS) is 10.0. The highest BCUT2D eigenvalue weighted by Gasteiger charge is 2.02. The highest BCUT2D eigenvalue weighted by Crippen LogP contribution is 2.17. The number of benzene rings is 1. The highest BCUT2D eigenvalue weighted by molar-refractivity contribution is 5.94.